The zero-order valence-electron chi connectivity index (χ0n) is 10.8. The van der Waals surface area contributed by atoms with Gasteiger partial charge in [0.05, 0.1) is 12.7 Å². The topological polar surface area (TPSA) is 29.5 Å². The van der Waals surface area contributed by atoms with E-state index in [0.29, 0.717) is 13.0 Å². The van der Waals surface area contributed by atoms with Crippen molar-refractivity contribution < 1.29 is 9.84 Å². The molecule has 0 fully saturated rings. The fourth-order valence-electron chi connectivity index (χ4n) is 1.91. The van der Waals surface area contributed by atoms with Gasteiger partial charge >= 0.3 is 0 Å². The lowest BCUT2D eigenvalue weighted by Crippen LogP contribution is -2.02. The molecule has 0 heterocycles. The first kappa shape index (κ1) is 14.3. The minimum atomic E-state index is -0.476. The molecule has 2 aromatic carbocycles. The molecule has 1 atom stereocenters. The van der Waals surface area contributed by atoms with Gasteiger partial charge in [0.15, 0.2) is 0 Å². The van der Waals surface area contributed by atoms with Gasteiger partial charge in [0.25, 0.3) is 0 Å². The number of benzene rings is 2. The monoisotopic (exact) mass is 368 g/mol. The molecule has 0 saturated carbocycles. The number of aliphatic hydroxyl groups excluding tert-OH is 1. The van der Waals surface area contributed by atoms with Crippen molar-refractivity contribution in [3.8, 4) is 5.75 Å². The summed E-state index contributed by atoms with van der Waals surface area (Å²) >= 11 is 2.28. The van der Waals surface area contributed by atoms with Crippen molar-refractivity contribution in [1.29, 1.82) is 0 Å². The fraction of sp³-hybridized carbons (Fsp3) is 0.250. The van der Waals surface area contributed by atoms with E-state index < -0.39 is 6.10 Å². The Kier molecular flexibility index (Phi) is 5.22. The minimum absolute atomic E-state index is 0.476. The number of rotatable bonds is 5. The van der Waals surface area contributed by atoms with Crippen LogP contribution in [-0.4, -0.2) is 11.7 Å². The summed E-state index contributed by atoms with van der Waals surface area (Å²) in [6.45, 7) is 2.62. The minimum Gasteiger partial charge on any atom is -0.494 e. The Hall–Kier alpha value is -1.07. The Labute approximate surface area is 127 Å². The van der Waals surface area contributed by atoms with Crippen molar-refractivity contribution in [2.45, 2.75) is 19.4 Å². The van der Waals surface area contributed by atoms with Gasteiger partial charge in [-0.25, -0.2) is 0 Å². The van der Waals surface area contributed by atoms with Crippen LogP contribution in [0.2, 0.25) is 0 Å². The first-order chi connectivity index (χ1) is 9.19. The fourth-order valence-corrected chi connectivity index (χ4v) is 2.27. The number of halogens is 1. The van der Waals surface area contributed by atoms with E-state index in [9.17, 15) is 5.11 Å². The smallest absolute Gasteiger partial charge is 0.119 e. The van der Waals surface area contributed by atoms with Crippen LogP contribution < -0.4 is 4.74 Å². The third-order valence-electron chi connectivity index (χ3n) is 2.92. The van der Waals surface area contributed by atoms with E-state index in [-0.39, 0.29) is 0 Å². The molecule has 2 rings (SSSR count). The van der Waals surface area contributed by atoms with E-state index in [1.807, 2.05) is 31.2 Å². The van der Waals surface area contributed by atoms with Crippen LogP contribution in [0.4, 0.5) is 0 Å². The lowest BCUT2D eigenvalue weighted by molar-refractivity contribution is 0.178. The third-order valence-corrected chi connectivity index (χ3v) is 3.64. The highest BCUT2D eigenvalue weighted by atomic mass is 127. The largest absolute Gasteiger partial charge is 0.494 e. The lowest BCUT2D eigenvalue weighted by Gasteiger charge is -2.12. The van der Waals surface area contributed by atoms with E-state index >= 15 is 0 Å². The Morgan fingerprint density at radius 2 is 1.68 bits per heavy atom. The van der Waals surface area contributed by atoms with Crippen molar-refractivity contribution in [1.82, 2.24) is 0 Å². The van der Waals surface area contributed by atoms with Crippen LogP contribution in [0, 0.1) is 3.57 Å². The van der Waals surface area contributed by atoms with Gasteiger partial charge in [0.2, 0.25) is 0 Å². The number of ether oxygens (including phenoxy) is 1. The molecular weight excluding hydrogens is 351 g/mol. The molecule has 0 aliphatic heterocycles. The van der Waals surface area contributed by atoms with E-state index in [4.69, 9.17) is 4.74 Å². The summed E-state index contributed by atoms with van der Waals surface area (Å²) in [6.07, 6.45) is 0.154. The third kappa shape index (κ3) is 4.21. The van der Waals surface area contributed by atoms with Gasteiger partial charge in [-0.15, -0.1) is 0 Å². The van der Waals surface area contributed by atoms with Crippen LogP contribution in [-0.2, 0) is 6.42 Å². The first-order valence-electron chi connectivity index (χ1n) is 6.34. The van der Waals surface area contributed by atoms with Gasteiger partial charge < -0.3 is 9.84 Å². The molecule has 1 N–H and O–H groups in total. The summed E-state index contributed by atoms with van der Waals surface area (Å²) < 4.78 is 6.60. The molecular formula is C16H17IO2. The molecule has 0 aliphatic carbocycles. The maximum absolute atomic E-state index is 10.2. The van der Waals surface area contributed by atoms with Gasteiger partial charge in [-0.05, 0) is 64.9 Å². The van der Waals surface area contributed by atoms with Crippen LogP contribution in [0.1, 0.15) is 24.2 Å². The molecule has 0 aliphatic rings. The van der Waals surface area contributed by atoms with Crippen LogP contribution in [0.25, 0.3) is 0 Å². The second kappa shape index (κ2) is 6.91. The highest BCUT2D eigenvalue weighted by Crippen LogP contribution is 2.21. The normalized spacial score (nSPS) is 12.2. The van der Waals surface area contributed by atoms with Crippen molar-refractivity contribution in [3.05, 3.63) is 63.2 Å². The molecule has 0 radical (unpaired) electrons. The van der Waals surface area contributed by atoms with Crippen molar-refractivity contribution in [2.75, 3.05) is 6.61 Å². The summed E-state index contributed by atoms with van der Waals surface area (Å²) in [6, 6.07) is 15.9. The molecule has 0 aromatic heterocycles. The first-order valence-corrected chi connectivity index (χ1v) is 7.42. The second-order valence-corrected chi connectivity index (χ2v) is 5.59. The molecule has 2 nitrogen and oxygen atoms in total. The lowest BCUT2D eigenvalue weighted by atomic mass is 10.0. The van der Waals surface area contributed by atoms with E-state index in [2.05, 4.69) is 46.9 Å². The SMILES string of the molecule is CCOc1ccc(C(O)Cc2ccc(I)cc2)cc1. The highest BCUT2D eigenvalue weighted by molar-refractivity contribution is 14.1. The molecule has 0 bridgehead atoms. The van der Waals surface area contributed by atoms with E-state index in [0.717, 1.165) is 16.9 Å². The van der Waals surface area contributed by atoms with Crippen molar-refractivity contribution >= 4 is 22.6 Å². The quantitative estimate of drug-likeness (QED) is 0.810. The molecule has 3 heteroatoms. The summed E-state index contributed by atoms with van der Waals surface area (Å²) in [5, 5.41) is 10.2. The van der Waals surface area contributed by atoms with E-state index in [1.54, 1.807) is 0 Å². The average molecular weight is 368 g/mol. The maximum atomic E-state index is 10.2. The molecule has 0 amide bonds. The van der Waals surface area contributed by atoms with Gasteiger partial charge in [0.1, 0.15) is 5.75 Å². The maximum Gasteiger partial charge on any atom is 0.119 e. The predicted molar refractivity (Wildman–Crippen MR) is 85.4 cm³/mol. The summed E-state index contributed by atoms with van der Waals surface area (Å²) in [4.78, 5) is 0. The Balaban J connectivity index is 2.02. The van der Waals surface area contributed by atoms with Crippen LogP contribution >= 0.6 is 22.6 Å². The predicted octanol–water partition coefficient (Wildman–Crippen LogP) is 3.97. The molecule has 1 unspecified atom stereocenters. The van der Waals surface area contributed by atoms with Gasteiger partial charge in [0, 0.05) is 9.99 Å². The summed E-state index contributed by atoms with van der Waals surface area (Å²) in [7, 11) is 0. The highest BCUT2D eigenvalue weighted by Gasteiger charge is 2.08. The molecule has 0 saturated heterocycles. The standard InChI is InChI=1S/C16H17IO2/c1-2-19-15-9-5-13(6-10-15)16(18)11-12-3-7-14(17)8-4-12/h3-10,16,18H,2,11H2,1H3. The van der Waals surface area contributed by atoms with Crippen molar-refractivity contribution in [2.24, 2.45) is 0 Å². The number of aliphatic hydroxyl groups is 1. The van der Waals surface area contributed by atoms with Crippen LogP contribution in [0.5, 0.6) is 5.75 Å². The van der Waals surface area contributed by atoms with Crippen molar-refractivity contribution in [3.63, 3.8) is 0 Å². The second-order valence-electron chi connectivity index (χ2n) is 4.35. The van der Waals surface area contributed by atoms with Gasteiger partial charge in [-0.2, -0.15) is 0 Å². The van der Waals surface area contributed by atoms with Crippen LogP contribution in [0.15, 0.2) is 48.5 Å². The Morgan fingerprint density at radius 1 is 1.05 bits per heavy atom. The zero-order chi connectivity index (χ0) is 13.7. The average Bonchev–Trinajstić information content (AvgIpc) is 2.42. The molecule has 0 spiro atoms. The van der Waals surface area contributed by atoms with E-state index in [1.165, 1.54) is 3.57 Å². The number of hydrogen-bond acceptors (Lipinski definition) is 2. The molecule has 2 aromatic rings. The Bertz CT molecular complexity index is 505. The molecule has 100 valence electrons. The van der Waals surface area contributed by atoms with Crippen LogP contribution in [0.3, 0.4) is 0 Å². The molecule has 19 heavy (non-hydrogen) atoms. The van der Waals surface area contributed by atoms with Gasteiger partial charge in [-0.1, -0.05) is 24.3 Å². The Morgan fingerprint density at radius 3 is 2.26 bits per heavy atom. The van der Waals surface area contributed by atoms with Gasteiger partial charge in [-0.3, -0.25) is 0 Å². The summed E-state index contributed by atoms with van der Waals surface area (Å²) in [5.74, 6) is 0.840. The summed E-state index contributed by atoms with van der Waals surface area (Å²) in [5.41, 5.74) is 2.06. The zero-order valence-corrected chi connectivity index (χ0v) is 13.0. The number of hydrogen-bond donors (Lipinski definition) is 1.